The second kappa shape index (κ2) is 4.73. The molecule has 0 aromatic rings. The van der Waals surface area contributed by atoms with Crippen molar-refractivity contribution >= 4 is 25.1 Å². The molecule has 1 heterocycles. The zero-order chi connectivity index (χ0) is 7.23. The van der Waals surface area contributed by atoms with E-state index in [4.69, 9.17) is 4.52 Å². The summed E-state index contributed by atoms with van der Waals surface area (Å²) >= 11 is 0. The normalized spacial score (nSPS) is 26.3. The summed E-state index contributed by atoms with van der Waals surface area (Å²) in [6.07, 6.45) is 3.44. The summed E-state index contributed by atoms with van der Waals surface area (Å²) in [5.74, 6) is 0. The Kier molecular flexibility index (Phi) is 3.82. The molecule has 1 rings (SSSR count). The Labute approximate surface area is 63.2 Å². The Morgan fingerprint density at radius 2 is 2.40 bits per heavy atom. The Balaban J connectivity index is 2.49. The second-order valence-electron chi connectivity index (χ2n) is 1.34. The maximum atomic E-state index is 5.15. The Bertz CT molecular complexity index is 221. The standard InChI is InChI=1S/C3H6N3OP3/c1-2-3-7-10-5-8-4-9-6-10/h2-3,10H,1H3. The molecule has 1 aliphatic heterocycles. The minimum atomic E-state index is -1.27. The van der Waals surface area contributed by atoms with Crippen LogP contribution in [0.4, 0.5) is 0 Å². The van der Waals surface area contributed by atoms with Gasteiger partial charge in [0.1, 0.15) is 0 Å². The van der Waals surface area contributed by atoms with E-state index < -0.39 is 8.09 Å². The van der Waals surface area contributed by atoms with Crippen molar-refractivity contribution in [1.29, 1.82) is 0 Å². The lowest BCUT2D eigenvalue weighted by Crippen LogP contribution is -1.58. The summed E-state index contributed by atoms with van der Waals surface area (Å²) < 4.78 is 17.1. The molecule has 0 aromatic heterocycles. The summed E-state index contributed by atoms with van der Waals surface area (Å²) in [5, 5.41) is 0. The maximum absolute atomic E-state index is 5.15. The molecule has 0 aromatic carbocycles. The third kappa shape index (κ3) is 2.70. The smallest absolute Gasteiger partial charge is 0.248 e. The van der Waals surface area contributed by atoms with Crippen LogP contribution in [0.25, 0.3) is 0 Å². The van der Waals surface area contributed by atoms with Crippen molar-refractivity contribution in [1.82, 2.24) is 0 Å². The molecule has 0 fully saturated rings. The first-order valence-corrected chi connectivity index (χ1v) is 5.50. The molecule has 0 amide bonds. The van der Waals surface area contributed by atoms with Crippen molar-refractivity contribution < 1.29 is 4.52 Å². The molecule has 4 nitrogen and oxygen atoms in total. The highest BCUT2D eigenvalue weighted by atomic mass is 31.2. The van der Waals surface area contributed by atoms with E-state index in [0.717, 1.165) is 17.0 Å². The van der Waals surface area contributed by atoms with E-state index in [9.17, 15) is 0 Å². The lowest BCUT2D eigenvalue weighted by Gasteiger charge is -1.98. The van der Waals surface area contributed by atoms with Gasteiger partial charge >= 0.3 is 0 Å². The van der Waals surface area contributed by atoms with Crippen LogP contribution in [0.3, 0.4) is 0 Å². The van der Waals surface area contributed by atoms with Crippen LogP contribution in [0, 0.1) is 0 Å². The van der Waals surface area contributed by atoms with Crippen LogP contribution in [0.2, 0.25) is 0 Å². The molecule has 0 radical (unpaired) electrons. The number of rotatable bonds is 2. The van der Waals surface area contributed by atoms with Crippen LogP contribution in [-0.2, 0) is 4.52 Å². The van der Waals surface area contributed by atoms with Gasteiger partial charge in [-0.05, 0) is 6.92 Å². The van der Waals surface area contributed by atoms with Gasteiger partial charge in [0.05, 0.1) is 6.26 Å². The molecule has 0 saturated carbocycles. The molecule has 0 bridgehead atoms. The van der Waals surface area contributed by atoms with E-state index in [1.807, 2.05) is 13.0 Å². The summed E-state index contributed by atoms with van der Waals surface area (Å²) in [6.45, 7) is 1.89. The van der Waals surface area contributed by atoms with Crippen molar-refractivity contribution in [2.24, 2.45) is 13.5 Å². The van der Waals surface area contributed by atoms with Crippen molar-refractivity contribution in [3.05, 3.63) is 12.3 Å². The molecular formula is C3H6N3OP3. The molecule has 1 atom stereocenters. The highest BCUT2D eigenvalue weighted by Gasteiger charge is 1.91. The van der Waals surface area contributed by atoms with Crippen LogP contribution < -0.4 is 0 Å². The van der Waals surface area contributed by atoms with Gasteiger partial charge in [-0.3, -0.25) is 0 Å². The lowest BCUT2D eigenvalue weighted by atomic mass is 10.8. The number of hydrogen-bond acceptors (Lipinski definition) is 4. The van der Waals surface area contributed by atoms with Gasteiger partial charge in [-0.2, -0.15) is 13.5 Å². The summed E-state index contributed by atoms with van der Waals surface area (Å²) in [7, 11) is 0.241. The van der Waals surface area contributed by atoms with Gasteiger partial charge in [0, 0.05) is 0 Å². The van der Waals surface area contributed by atoms with E-state index in [2.05, 4.69) is 13.5 Å². The van der Waals surface area contributed by atoms with E-state index in [-0.39, 0.29) is 0 Å². The molecule has 0 spiro atoms. The molecular weight excluding hydrogens is 187 g/mol. The summed E-state index contributed by atoms with van der Waals surface area (Å²) in [5.41, 5.74) is 0. The predicted octanol–water partition coefficient (Wildman–Crippen LogP) is 3.87. The molecule has 1 unspecified atom stereocenters. The molecule has 1 aliphatic rings. The van der Waals surface area contributed by atoms with Gasteiger partial charge in [0.2, 0.25) is 8.09 Å². The zero-order valence-corrected chi connectivity index (χ0v) is 8.09. The molecule has 7 heteroatoms. The van der Waals surface area contributed by atoms with Crippen molar-refractivity contribution in [3.8, 4) is 0 Å². The van der Waals surface area contributed by atoms with Gasteiger partial charge in [0.15, 0.2) is 17.0 Å². The minimum Gasteiger partial charge on any atom is -0.451 e. The van der Waals surface area contributed by atoms with Gasteiger partial charge < -0.3 is 4.52 Å². The van der Waals surface area contributed by atoms with Gasteiger partial charge in [-0.1, -0.05) is 6.08 Å². The first kappa shape index (κ1) is 8.07. The fourth-order valence-electron chi connectivity index (χ4n) is 0.330. The number of allylic oxidation sites excluding steroid dienone is 1. The minimum absolute atomic E-state index is 0.754. The Hall–Kier alpha value is -0.0300. The van der Waals surface area contributed by atoms with E-state index in [1.165, 1.54) is 0 Å². The first-order chi connectivity index (χ1) is 4.93. The highest BCUT2D eigenvalue weighted by Crippen LogP contribution is 2.41. The second-order valence-corrected chi connectivity index (χ2v) is 4.81. The third-order valence-electron chi connectivity index (χ3n) is 0.650. The number of hydrogen-bond donors (Lipinski definition) is 0. The highest BCUT2D eigenvalue weighted by molar-refractivity contribution is 7.56. The largest absolute Gasteiger partial charge is 0.451 e. The first-order valence-electron chi connectivity index (χ1n) is 2.60. The average molecular weight is 193 g/mol. The van der Waals surface area contributed by atoms with Gasteiger partial charge in [-0.25, -0.2) is 0 Å². The SMILES string of the molecule is CC=CO[PH]1=NP=NP=N1. The van der Waals surface area contributed by atoms with Crippen molar-refractivity contribution in [2.75, 3.05) is 0 Å². The van der Waals surface area contributed by atoms with Crippen LogP contribution in [0.15, 0.2) is 25.9 Å². The predicted molar refractivity (Wildman–Crippen MR) is 45.3 cm³/mol. The fourth-order valence-corrected chi connectivity index (χ4v) is 3.28. The molecule has 0 aliphatic carbocycles. The van der Waals surface area contributed by atoms with Crippen LogP contribution in [0.1, 0.15) is 6.92 Å². The van der Waals surface area contributed by atoms with E-state index in [0.29, 0.717) is 0 Å². The monoisotopic (exact) mass is 193 g/mol. The zero-order valence-electron chi connectivity index (χ0n) is 5.30. The van der Waals surface area contributed by atoms with Crippen LogP contribution in [0.5, 0.6) is 0 Å². The Morgan fingerprint density at radius 1 is 1.50 bits per heavy atom. The lowest BCUT2D eigenvalue weighted by molar-refractivity contribution is 0.543. The van der Waals surface area contributed by atoms with Crippen LogP contribution in [-0.4, -0.2) is 0 Å². The fraction of sp³-hybridized carbons (Fsp3) is 0.333. The summed E-state index contributed by atoms with van der Waals surface area (Å²) in [4.78, 5) is 0. The molecule has 0 saturated heterocycles. The topological polar surface area (TPSA) is 46.3 Å². The van der Waals surface area contributed by atoms with Gasteiger partial charge in [-0.15, -0.1) is 0 Å². The quantitative estimate of drug-likeness (QED) is 0.484. The molecule has 10 heavy (non-hydrogen) atoms. The van der Waals surface area contributed by atoms with E-state index in [1.54, 1.807) is 6.26 Å². The van der Waals surface area contributed by atoms with Crippen LogP contribution >= 0.6 is 25.1 Å². The van der Waals surface area contributed by atoms with Gasteiger partial charge in [0.25, 0.3) is 0 Å². The van der Waals surface area contributed by atoms with E-state index >= 15 is 0 Å². The van der Waals surface area contributed by atoms with Crippen molar-refractivity contribution in [2.45, 2.75) is 6.92 Å². The van der Waals surface area contributed by atoms with Crippen molar-refractivity contribution in [3.63, 3.8) is 0 Å². The maximum Gasteiger partial charge on any atom is 0.248 e. The third-order valence-corrected chi connectivity index (χ3v) is 3.72. The molecule has 54 valence electrons. The summed E-state index contributed by atoms with van der Waals surface area (Å²) in [6, 6.07) is 0. The Morgan fingerprint density at radius 3 is 3.00 bits per heavy atom. The average Bonchev–Trinajstić information content (AvgIpc) is 2.03. The number of nitrogens with zero attached hydrogens (tertiary/aromatic N) is 3. The molecule has 0 N–H and O–H groups in total.